The monoisotopic (exact) mass is 368 g/mol. The normalized spacial score (nSPS) is 18.8. The first-order chi connectivity index (χ1) is 12.9. The lowest BCUT2D eigenvalue weighted by Crippen LogP contribution is -2.47. The smallest absolute Gasteiger partial charge is 0.105 e. The fourth-order valence-electron chi connectivity index (χ4n) is 4.08. The van der Waals surface area contributed by atoms with Crippen LogP contribution in [-0.4, -0.2) is 54.9 Å². The van der Waals surface area contributed by atoms with Crippen molar-refractivity contribution < 1.29 is 10.2 Å². The van der Waals surface area contributed by atoms with Crippen molar-refractivity contribution in [2.75, 3.05) is 19.6 Å². The van der Waals surface area contributed by atoms with Gasteiger partial charge in [0.25, 0.3) is 0 Å². The molecule has 1 aliphatic heterocycles. The highest BCUT2D eigenvalue weighted by atomic mass is 16.3. The van der Waals surface area contributed by atoms with Crippen LogP contribution in [0, 0.1) is 13.8 Å². The number of hydrogen-bond acceptors (Lipinski definition) is 4. The molecule has 0 saturated carbocycles. The van der Waals surface area contributed by atoms with Crippen LogP contribution in [0.15, 0.2) is 36.8 Å². The first kappa shape index (κ1) is 18.2. The van der Waals surface area contributed by atoms with E-state index in [0.29, 0.717) is 25.9 Å². The number of benzene rings is 1. The predicted octanol–water partition coefficient (Wildman–Crippen LogP) is 2.54. The number of H-pyrrole nitrogens is 1. The summed E-state index contributed by atoms with van der Waals surface area (Å²) in [5, 5.41) is 22.8. The zero-order chi connectivity index (χ0) is 19.0. The topological polar surface area (TPSA) is 77.3 Å². The van der Waals surface area contributed by atoms with Crippen molar-refractivity contribution in [3.63, 3.8) is 0 Å². The number of imidazole rings is 1. The molecule has 0 bridgehead atoms. The summed E-state index contributed by atoms with van der Waals surface area (Å²) in [6.45, 7) is 6.75. The number of fused-ring (bicyclic) bond motifs is 1. The molecule has 6 nitrogen and oxygen atoms in total. The predicted molar refractivity (Wildman–Crippen MR) is 106 cm³/mol. The van der Waals surface area contributed by atoms with Crippen LogP contribution in [-0.2, 0) is 6.54 Å². The van der Waals surface area contributed by atoms with Crippen molar-refractivity contribution in [2.24, 2.45) is 0 Å². The number of piperidine rings is 1. The molecule has 1 atom stereocenters. The highest BCUT2D eigenvalue weighted by molar-refractivity contribution is 5.84. The van der Waals surface area contributed by atoms with Crippen LogP contribution in [0.5, 0.6) is 0 Å². The van der Waals surface area contributed by atoms with E-state index in [1.807, 2.05) is 23.9 Å². The number of aliphatic hydroxyl groups excluding tert-OH is 1. The Hall–Kier alpha value is -2.15. The summed E-state index contributed by atoms with van der Waals surface area (Å²) in [4.78, 5) is 9.74. The summed E-state index contributed by atoms with van der Waals surface area (Å²) in [5.41, 5.74) is 2.51. The maximum atomic E-state index is 10.9. The number of nitrogens with one attached hydrogen (secondary N) is 1. The molecule has 3 aromatic rings. The molecule has 0 amide bonds. The van der Waals surface area contributed by atoms with Crippen LogP contribution < -0.4 is 0 Å². The number of nitrogens with zero attached hydrogens (tertiary/aromatic N) is 3. The number of aromatic amines is 1. The Morgan fingerprint density at radius 3 is 2.74 bits per heavy atom. The maximum Gasteiger partial charge on any atom is 0.105 e. The first-order valence-corrected chi connectivity index (χ1v) is 9.62. The minimum Gasteiger partial charge on any atom is -0.388 e. The molecule has 3 N–H and O–H groups in total. The molecule has 144 valence electrons. The maximum absolute atomic E-state index is 10.9. The number of β-amino-alcohol motifs (C(OH)–C–C–N with tert-alkyl or cyclic N) is 1. The van der Waals surface area contributed by atoms with Crippen molar-refractivity contribution in [1.82, 2.24) is 19.4 Å². The van der Waals surface area contributed by atoms with Gasteiger partial charge in [0.2, 0.25) is 0 Å². The van der Waals surface area contributed by atoms with Crippen LogP contribution in [0.25, 0.3) is 10.9 Å². The molecule has 1 unspecified atom stereocenters. The summed E-state index contributed by atoms with van der Waals surface area (Å²) in [7, 11) is 0. The highest BCUT2D eigenvalue weighted by Gasteiger charge is 2.33. The van der Waals surface area contributed by atoms with Crippen LogP contribution in [0.4, 0.5) is 0 Å². The second-order valence-corrected chi connectivity index (χ2v) is 7.94. The van der Waals surface area contributed by atoms with Gasteiger partial charge in [0.15, 0.2) is 0 Å². The third-order valence-electron chi connectivity index (χ3n) is 5.83. The molecular formula is C21H28N4O2. The minimum absolute atomic E-state index is 0.538. The molecule has 4 rings (SSSR count). The van der Waals surface area contributed by atoms with E-state index in [2.05, 4.69) is 40.0 Å². The molecular weight excluding hydrogens is 340 g/mol. The second kappa shape index (κ2) is 7.11. The molecule has 2 aromatic heterocycles. The van der Waals surface area contributed by atoms with E-state index in [1.54, 1.807) is 6.20 Å². The molecule has 1 fully saturated rings. The van der Waals surface area contributed by atoms with Crippen molar-refractivity contribution in [3.8, 4) is 0 Å². The Morgan fingerprint density at radius 1 is 1.26 bits per heavy atom. The first-order valence-electron chi connectivity index (χ1n) is 9.62. The van der Waals surface area contributed by atoms with Gasteiger partial charge in [-0.15, -0.1) is 0 Å². The Labute approximate surface area is 159 Å². The lowest BCUT2D eigenvalue weighted by molar-refractivity contribution is -0.0417. The van der Waals surface area contributed by atoms with Crippen molar-refractivity contribution in [3.05, 3.63) is 53.7 Å². The number of rotatable bonds is 5. The summed E-state index contributed by atoms with van der Waals surface area (Å²) < 4.78 is 2.01. The molecule has 6 heteroatoms. The molecule has 1 aliphatic rings. The fourth-order valence-corrected chi connectivity index (χ4v) is 4.08. The van der Waals surface area contributed by atoms with Gasteiger partial charge in [0.05, 0.1) is 18.2 Å². The van der Waals surface area contributed by atoms with Crippen LogP contribution in [0.2, 0.25) is 0 Å². The Kier molecular flexibility index (Phi) is 4.80. The van der Waals surface area contributed by atoms with E-state index in [0.717, 1.165) is 35.4 Å². The summed E-state index contributed by atoms with van der Waals surface area (Å²) >= 11 is 0. The summed E-state index contributed by atoms with van der Waals surface area (Å²) in [6.07, 6.45) is 6.46. The van der Waals surface area contributed by atoms with E-state index >= 15 is 0 Å². The Bertz CT molecular complexity index is 921. The molecule has 1 saturated heterocycles. The Morgan fingerprint density at radius 2 is 2.04 bits per heavy atom. The van der Waals surface area contributed by atoms with Gasteiger partial charge in [-0.1, -0.05) is 12.1 Å². The average molecular weight is 368 g/mol. The van der Waals surface area contributed by atoms with E-state index in [1.165, 1.54) is 5.56 Å². The largest absolute Gasteiger partial charge is 0.388 e. The third-order valence-corrected chi connectivity index (χ3v) is 5.83. The molecule has 0 radical (unpaired) electrons. The zero-order valence-corrected chi connectivity index (χ0v) is 16.0. The fraction of sp³-hybridized carbons (Fsp3) is 0.476. The summed E-state index contributed by atoms with van der Waals surface area (Å²) in [6, 6.07) is 6.25. The standard InChI is InChI=1S/C21H28N4O2/c1-15-3-4-17-18(12-23-19(17)11-15)20(26)13-24-8-5-21(27,6-9-24)14-25-10-7-22-16(25)2/h3-4,7,10-12,20,23,26-27H,5-6,8-9,13-14H2,1-2H3. The number of aromatic nitrogens is 3. The lowest BCUT2D eigenvalue weighted by atomic mass is 9.91. The van der Waals surface area contributed by atoms with Gasteiger partial charge in [-0.3, -0.25) is 0 Å². The van der Waals surface area contributed by atoms with E-state index < -0.39 is 11.7 Å². The second-order valence-electron chi connectivity index (χ2n) is 7.94. The van der Waals surface area contributed by atoms with Crippen molar-refractivity contribution in [1.29, 1.82) is 0 Å². The van der Waals surface area contributed by atoms with Gasteiger partial charge >= 0.3 is 0 Å². The van der Waals surface area contributed by atoms with Gasteiger partial charge in [-0.05, 0) is 38.3 Å². The third kappa shape index (κ3) is 3.78. The van der Waals surface area contributed by atoms with Gasteiger partial charge in [0, 0.05) is 54.7 Å². The van der Waals surface area contributed by atoms with Gasteiger partial charge in [0.1, 0.15) is 5.82 Å². The molecule has 27 heavy (non-hydrogen) atoms. The average Bonchev–Trinajstić information content (AvgIpc) is 3.23. The number of aliphatic hydroxyl groups is 2. The van der Waals surface area contributed by atoms with E-state index in [9.17, 15) is 10.2 Å². The molecule has 0 aliphatic carbocycles. The van der Waals surface area contributed by atoms with Crippen LogP contribution in [0.3, 0.4) is 0 Å². The molecule has 1 aromatic carbocycles. The van der Waals surface area contributed by atoms with Gasteiger partial charge in [-0.25, -0.2) is 4.98 Å². The van der Waals surface area contributed by atoms with E-state index in [4.69, 9.17) is 0 Å². The highest BCUT2D eigenvalue weighted by Crippen LogP contribution is 2.29. The van der Waals surface area contributed by atoms with Crippen LogP contribution in [0.1, 0.15) is 35.9 Å². The van der Waals surface area contributed by atoms with Crippen molar-refractivity contribution >= 4 is 10.9 Å². The van der Waals surface area contributed by atoms with Crippen molar-refractivity contribution in [2.45, 2.75) is 44.9 Å². The lowest BCUT2D eigenvalue weighted by Gasteiger charge is -2.39. The zero-order valence-electron chi connectivity index (χ0n) is 16.0. The minimum atomic E-state index is -0.703. The van der Waals surface area contributed by atoms with Gasteiger partial charge in [-0.2, -0.15) is 0 Å². The quantitative estimate of drug-likeness (QED) is 0.647. The molecule has 0 spiro atoms. The number of hydrogen-bond donors (Lipinski definition) is 3. The van der Waals surface area contributed by atoms with Gasteiger partial charge < -0.3 is 24.7 Å². The summed E-state index contributed by atoms with van der Waals surface area (Å²) in [5.74, 6) is 0.927. The number of likely N-dealkylation sites (tertiary alicyclic amines) is 1. The molecule has 3 heterocycles. The van der Waals surface area contributed by atoms with E-state index in [-0.39, 0.29) is 0 Å². The Balaban J connectivity index is 1.37. The van der Waals surface area contributed by atoms with Crippen LogP contribution >= 0.6 is 0 Å². The SMILES string of the molecule is Cc1ccc2c(C(O)CN3CCC(O)(Cn4ccnc4C)CC3)c[nH]c2c1. The number of aryl methyl sites for hydroxylation is 2.